The smallest absolute Gasteiger partial charge is 0.127 e. The molecule has 0 bridgehead atoms. The average Bonchev–Trinajstić information content (AvgIpc) is 2.65. The van der Waals surface area contributed by atoms with Crippen molar-refractivity contribution in [2.45, 2.75) is 27.7 Å². The molecule has 0 aromatic heterocycles. The van der Waals surface area contributed by atoms with Crippen LogP contribution in [0.5, 0.6) is 11.5 Å². The predicted molar refractivity (Wildman–Crippen MR) is 123 cm³/mol. The van der Waals surface area contributed by atoms with Crippen molar-refractivity contribution in [1.29, 1.82) is 0 Å². The molecule has 0 saturated carbocycles. The molecule has 0 fully saturated rings. The van der Waals surface area contributed by atoms with E-state index in [1.807, 2.05) is 76.2 Å². The molecule has 0 aliphatic rings. The molecule has 2 N–H and O–H groups in total. The molecular weight excluding hydrogens is 419 g/mol. The number of aryl methyl sites for hydroxylation is 4. The Morgan fingerprint density at radius 2 is 1.03 bits per heavy atom. The molecule has 0 heterocycles. The summed E-state index contributed by atoms with van der Waals surface area (Å²) < 4.78 is 0. The Hall–Kier alpha value is -2.89. The van der Waals surface area contributed by atoms with Crippen LogP contribution in [0.15, 0.2) is 58.5 Å². The summed E-state index contributed by atoms with van der Waals surface area (Å²) in [6.07, 6.45) is 3.30. The SMILES string of the molecule is Cc1cc(C)c(O)c(C=Nc2ccccc2N=Cc2cc(C)cc(C)c2O)c1.[CH3-].[Co]. The number of nitrogens with zero attached hydrogens (tertiary/aromatic N) is 2. The molecule has 3 aromatic rings. The number of aromatic hydroxyl groups is 2. The van der Waals surface area contributed by atoms with Gasteiger partial charge in [-0.25, -0.2) is 0 Å². The fraction of sp³-hybridized carbons (Fsp3) is 0.160. The second-order valence-corrected chi connectivity index (χ2v) is 7.04. The largest absolute Gasteiger partial charge is 0.507 e. The average molecular weight is 446 g/mol. The number of hydrogen-bond donors (Lipinski definition) is 2. The molecule has 0 aliphatic carbocycles. The summed E-state index contributed by atoms with van der Waals surface area (Å²) in [4.78, 5) is 9.06. The predicted octanol–water partition coefficient (Wildman–Crippen LogP) is 6.28. The molecule has 0 saturated heterocycles. The minimum atomic E-state index is 0. The Balaban J connectivity index is 0.00000225. The monoisotopic (exact) mass is 446 g/mol. The third-order valence-corrected chi connectivity index (χ3v) is 4.52. The molecule has 5 heteroatoms. The van der Waals surface area contributed by atoms with E-state index < -0.39 is 0 Å². The first-order valence-electron chi connectivity index (χ1n) is 9.12. The quantitative estimate of drug-likeness (QED) is 0.366. The van der Waals surface area contributed by atoms with E-state index in [4.69, 9.17) is 0 Å². The minimum absolute atomic E-state index is 0. The molecule has 0 unspecified atom stereocenters. The van der Waals surface area contributed by atoms with E-state index in [9.17, 15) is 10.2 Å². The molecule has 0 amide bonds. The van der Waals surface area contributed by atoms with Gasteiger partial charge in [0.1, 0.15) is 11.5 Å². The van der Waals surface area contributed by atoms with Crippen molar-refractivity contribution in [3.8, 4) is 11.5 Å². The van der Waals surface area contributed by atoms with E-state index in [2.05, 4.69) is 9.98 Å². The Bertz CT molecular complexity index is 1000. The van der Waals surface area contributed by atoms with Gasteiger partial charge in [0.2, 0.25) is 0 Å². The molecule has 0 spiro atoms. The summed E-state index contributed by atoms with van der Waals surface area (Å²) in [6, 6.07) is 15.2. The van der Waals surface area contributed by atoms with Crippen LogP contribution in [-0.2, 0) is 16.8 Å². The van der Waals surface area contributed by atoms with Gasteiger partial charge in [0.05, 0.1) is 11.4 Å². The van der Waals surface area contributed by atoms with Crippen molar-refractivity contribution in [3.63, 3.8) is 0 Å². The Morgan fingerprint density at radius 3 is 1.40 bits per heavy atom. The number of aliphatic imine (C=N–C) groups is 2. The minimum Gasteiger partial charge on any atom is -0.507 e. The standard InChI is InChI=1S/C24H24N2O2.CH3.Co/c1-15-9-17(3)23(27)19(11-15)13-25-21-7-5-6-8-22(21)26-14-20-12-16(2)10-18(4)24(20)28;;/h5-14,27-28H,1-4H3;1H3;/q;-1;. The molecule has 0 atom stereocenters. The summed E-state index contributed by atoms with van der Waals surface area (Å²) >= 11 is 0. The van der Waals surface area contributed by atoms with Gasteiger partial charge in [0, 0.05) is 40.3 Å². The number of benzene rings is 3. The van der Waals surface area contributed by atoms with Crippen molar-refractivity contribution in [1.82, 2.24) is 0 Å². The second kappa shape index (κ2) is 10.8. The van der Waals surface area contributed by atoms with Crippen molar-refractivity contribution >= 4 is 23.8 Å². The van der Waals surface area contributed by atoms with Crippen molar-refractivity contribution in [2.75, 3.05) is 0 Å². The molecule has 0 aliphatic heterocycles. The zero-order valence-corrected chi connectivity index (χ0v) is 18.9. The summed E-state index contributed by atoms with van der Waals surface area (Å²) in [7, 11) is 0. The van der Waals surface area contributed by atoms with Gasteiger partial charge in [0.15, 0.2) is 0 Å². The van der Waals surface area contributed by atoms with Crippen LogP contribution >= 0.6 is 0 Å². The van der Waals surface area contributed by atoms with Gasteiger partial charge in [-0.1, -0.05) is 24.3 Å². The number of hydrogen-bond acceptors (Lipinski definition) is 4. The van der Waals surface area contributed by atoms with Crippen LogP contribution in [0.1, 0.15) is 33.4 Å². The van der Waals surface area contributed by atoms with E-state index in [0.717, 1.165) is 22.3 Å². The van der Waals surface area contributed by atoms with Gasteiger partial charge in [0.25, 0.3) is 0 Å². The van der Waals surface area contributed by atoms with Gasteiger partial charge in [-0.05, 0) is 74.2 Å². The molecule has 4 nitrogen and oxygen atoms in total. The summed E-state index contributed by atoms with van der Waals surface area (Å²) in [6.45, 7) is 7.71. The molecule has 159 valence electrons. The van der Waals surface area contributed by atoms with E-state index in [-0.39, 0.29) is 35.7 Å². The van der Waals surface area contributed by atoms with Crippen LogP contribution in [0.3, 0.4) is 0 Å². The topological polar surface area (TPSA) is 65.2 Å². The summed E-state index contributed by atoms with van der Waals surface area (Å²) in [5.41, 5.74) is 6.46. The zero-order chi connectivity index (χ0) is 20.3. The Morgan fingerprint density at radius 1 is 0.667 bits per heavy atom. The maximum atomic E-state index is 10.3. The van der Waals surface area contributed by atoms with Crippen molar-refractivity contribution in [3.05, 3.63) is 89.3 Å². The van der Waals surface area contributed by atoms with Gasteiger partial charge >= 0.3 is 0 Å². The number of rotatable bonds is 4. The number of phenolic OH excluding ortho intramolecular Hbond substituents is 2. The first-order valence-corrected chi connectivity index (χ1v) is 9.12. The normalized spacial score (nSPS) is 10.8. The molecule has 3 aromatic carbocycles. The van der Waals surface area contributed by atoms with Crippen molar-refractivity contribution in [2.24, 2.45) is 9.98 Å². The van der Waals surface area contributed by atoms with Crippen molar-refractivity contribution < 1.29 is 27.0 Å². The maximum Gasteiger partial charge on any atom is 0.127 e. The molecule has 30 heavy (non-hydrogen) atoms. The number of para-hydroxylation sites is 2. The van der Waals surface area contributed by atoms with E-state index in [0.29, 0.717) is 22.5 Å². The van der Waals surface area contributed by atoms with Gasteiger partial charge in [-0.3, -0.25) is 9.98 Å². The molecule has 3 rings (SSSR count). The van der Waals surface area contributed by atoms with Crippen LogP contribution in [0.2, 0.25) is 0 Å². The maximum absolute atomic E-state index is 10.3. The third kappa shape index (κ3) is 5.81. The van der Waals surface area contributed by atoms with Gasteiger partial charge < -0.3 is 17.6 Å². The van der Waals surface area contributed by atoms with Crippen LogP contribution in [0.25, 0.3) is 0 Å². The Kier molecular flexibility index (Phi) is 9.02. The fourth-order valence-electron chi connectivity index (χ4n) is 3.14. The van der Waals surface area contributed by atoms with Crippen LogP contribution in [-0.4, -0.2) is 22.6 Å². The molecule has 1 radical (unpaired) electrons. The first-order chi connectivity index (χ1) is 13.3. The zero-order valence-electron chi connectivity index (χ0n) is 17.9. The first kappa shape index (κ1) is 25.1. The summed E-state index contributed by atoms with van der Waals surface area (Å²) in [5, 5.41) is 20.5. The van der Waals surface area contributed by atoms with Crippen LogP contribution < -0.4 is 0 Å². The second-order valence-electron chi connectivity index (χ2n) is 7.04. The Labute approximate surface area is 189 Å². The van der Waals surface area contributed by atoms with Gasteiger partial charge in [-0.15, -0.1) is 0 Å². The fourth-order valence-corrected chi connectivity index (χ4v) is 3.14. The summed E-state index contributed by atoms with van der Waals surface area (Å²) in [5.74, 6) is 0.464. The van der Waals surface area contributed by atoms with E-state index in [1.54, 1.807) is 12.4 Å². The third-order valence-electron chi connectivity index (χ3n) is 4.52. The van der Waals surface area contributed by atoms with Crippen LogP contribution in [0, 0.1) is 35.1 Å². The molecular formula is C25H27CoN2O2-. The van der Waals surface area contributed by atoms with E-state index in [1.165, 1.54) is 0 Å². The van der Waals surface area contributed by atoms with Gasteiger partial charge in [-0.2, -0.15) is 0 Å². The van der Waals surface area contributed by atoms with E-state index >= 15 is 0 Å². The number of phenols is 2. The van der Waals surface area contributed by atoms with Crippen LogP contribution in [0.4, 0.5) is 11.4 Å².